The number of fused-ring (bicyclic) bond motifs is 5. The van der Waals surface area contributed by atoms with Crippen LogP contribution in [0.25, 0.3) is 0 Å². The average Bonchev–Trinajstić information content (AvgIpc) is 2.84. The molecule has 0 aromatic rings. The number of Topliss-reactive ketones (excluding diaryl/α,β-unsaturated/α-hetero) is 1. The Morgan fingerprint density at radius 2 is 1.91 bits per heavy atom. The van der Waals surface area contributed by atoms with E-state index in [1.807, 2.05) is 0 Å². The number of allylic oxidation sites excluding steroid dienone is 4. The number of carbonyl (C=O) groups excluding carboxylic acids is 1. The zero-order valence-corrected chi connectivity index (χ0v) is 14.5. The van der Waals surface area contributed by atoms with E-state index in [0.29, 0.717) is 11.2 Å². The Hall–Kier alpha value is -0.850. The first-order chi connectivity index (χ1) is 10.5. The minimum absolute atomic E-state index is 0.180. The number of hydrogen-bond donors (Lipinski definition) is 0. The van der Waals surface area contributed by atoms with Gasteiger partial charge >= 0.3 is 0 Å². The first kappa shape index (κ1) is 14.7. The molecule has 4 aliphatic rings. The smallest absolute Gasteiger partial charge is 0.156 e. The van der Waals surface area contributed by atoms with Crippen molar-refractivity contribution in [1.29, 1.82) is 0 Å². The van der Waals surface area contributed by atoms with Gasteiger partial charge in [-0.2, -0.15) is 0 Å². The van der Waals surface area contributed by atoms with Gasteiger partial charge in [-0.25, -0.2) is 0 Å². The summed E-state index contributed by atoms with van der Waals surface area (Å²) < 4.78 is 0. The summed E-state index contributed by atoms with van der Waals surface area (Å²) in [4.78, 5) is 12.1. The first-order valence-corrected chi connectivity index (χ1v) is 9.38. The summed E-state index contributed by atoms with van der Waals surface area (Å²) in [5, 5.41) is 0. The summed E-state index contributed by atoms with van der Waals surface area (Å²) >= 11 is 0. The van der Waals surface area contributed by atoms with Crippen LogP contribution in [0.4, 0.5) is 0 Å². The molecule has 2 saturated carbocycles. The van der Waals surface area contributed by atoms with Gasteiger partial charge in [0.2, 0.25) is 0 Å². The van der Waals surface area contributed by atoms with Crippen LogP contribution in [0.15, 0.2) is 23.3 Å². The van der Waals surface area contributed by atoms with Crippen molar-refractivity contribution >= 4 is 5.78 Å². The summed E-state index contributed by atoms with van der Waals surface area (Å²) in [5.74, 6) is 2.76. The zero-order chi connectivity index (χ0) is 15.5. The fraction of sp³-hybridized carbons (Fsp3) is 0.762. The molecule has 0 aromatic heterocycles. The van der Waals surface area contributed by atoms with Crippen molar-refractivity contribution in [1.82, 2.24) is 0 Å². The Labute approximate surface area is 135 Å². The topological polar surface area (TPSA) is 17.1 Å². The Morgan fingerprint density at radius 3 is 2.68 bits per heavy atom. The molecule has 22 heavy (non-hydrogen) atoms. The maximum Gasteiger partial charge on any atom is 0.156 e. The van der Waals surface area contributed by atoms with Gasteiger partial charge in [0.1, 0.15) is 0 Å². The molecule has 0 radical (unpaired) electrons. The van der Waals surface area contributed by atoms with Crippen molar-refractivity contribution in [2.24, 2.45) is 28.6 Å². The van der Waals surface area contributed by atoms with Crippen LogP contribution < -0.4 is 0 Å². The molecule has 0 spiro atoms. The van der Waals surface area contributed by atoms with E-state index in [-0.39, 0.29) is 5.41 Å². The third-order valence-corrected chi connectivity index (χ3v) is 7.99. The van der Waals surface area contributed by atoms with Gasteiger partial charge in [0.05, 0.1) is 0 Å². The second-order valence-corrected chi connectivity index (χ2v) is 8.82. The standard InChI is InChI=1S/C21H30O/c1-14(22)17-9-10-18-16-8-7-15-6-4-5-12-20(15,2)19(16)11-13-21(17,18)3/h6,9,16,18-19H,4-5,7-8,10-13H2,1-3H3/t16-,18-,19-,20-,21+/m0/s1. The van der Waals surface area contributed by atoms with Gasteiger partial charge in [-0.15, -0.1) is 0 Å². The van der Waals surface area contributed by atoms with E-state index in [4.69, 9.17) is 0 Å². The van der Waals surface area contributed by atoms with Crippen LogP contribution in [0.3, 0.4) is 0 Å². The fourth-order valence-electron chi connectivity index (χ4n) is 6.87. The van der Waals surface area contributed by atoms with E-state index >= 15 is 0 Å². The van der Waals surface area contributed by atoms with Crippen LogP contribution in [0.5, 0.6) is 0 Å². The largest absolute Gasteiger partial charge is 0.295 e. The number of ketones is 1. The van der Waals surface area contributed by atoms with Gasteiger partial charge in [0.15, 0.2) is 5.78 Å². The van der Waals surface area contributed by atoms with E-state index in [2.05, 4.69) is 26.0 Å². The normalized spacial score (nSPS) is 47.0. The summed E-state index contributed by atoms with van der Waals surface area (Å²) in [5.41, 5.74) is 3.59. The second kappa shape index (κ2) is 4.82. The summed E-state index contributed by atoms with van der Waals surface area (Å²) in [7, 11) is 0. The SMILES string of the molecule is CC(=O)C1=CC[C@H]2[C@@H]3CCC4=CCCC[C@]4(C)[C@H]3CC[C@]12C. The molecule has 0 saturated heterocycles. The molecule has 2 fully saturated rings. The van der Waals surface area contributed by atoms with Crippen LogP contribution in [0.2, 0.25) is 0 Å². The lowest BCUT2D eigenvalue weighted by Gasteiger charge is -2.58. The lowest BCUT2D eigenvalue weighted by atomic mass is 9.47. The van der Waals surface area contributed by atoms with Crippen molar-refractivity contribution in [3.63, 3.8) is 0 Å². The Bertz CT molecular complexity index is 568. The van der Waals surface area contributed by atoms with Crippen molar-refractivity contribution in [3.8, 4) is 0 Å². The zero-order valence-electron chi connectivity index (χ0n) is 14.5. The van der Waals surface area contributed by atoms with Gasteiger partial charge in [-0.3, -0.25) is 4.79 Å². The monoisotopic (exact) mass is 298 g/mol. The van der Waals surface area contributed by atoms with E-state index in [9.17, 15) is 4.79 Å². The molecule has 120 valence electrons. The Morgan fingerprint density at radius 1 is 1.09 bits per heavy atom. The van der Waals surface area contributed by atoms with Gasteiger partial charge in [-0.1, -0.05) is 31.6 Å². The van der Waals surface area contributed by atoms with Gasteiger partial charge in [0.25, 0.3) is 0 Å². The molecule has 0 N–H and O–H groups in total. The third kappa shape index (κ3) is 1.80. The minimum Gasteiger partial charge on any atom is -0.295 e. The van der Waals surface area contributed by atoms with Gasteiger partial charge < -0.3 is 0 Å². The molecule has 4 rings (SSSR count). The van der Waals surface area contributed by atoms with Crippen LogP contribution in [0, 0.1) is 28.6 Å². The highest BCUT2D eigenvalue weighted by atomic mass is 16.1. The maximum atomic E-state index is 12.1. The molecule has 0 unspecified atom stereocenters. The predicted molar refractivity (Wildman–Crippen MR) is 90.5 cm³/mol. The minimum atomic E-state index is 0.180. The van der Waals surface area contributed by atoms with E-state index in [0.717, 1.165) is 29.7 Å². The number of carbonyl (C=O) groups is 1. The third-order valence-electron chi connectivity index (χ3n) is 7.99. The van der Waals surface area contributed by atoms with E-state index in [1.165, 1.54) is 44.9 Å². The molecule has 0 amide bonds. The van der Waals surface area contributed by atoms with E-state index in [1.54, 1.807) is 12.5 Å². The molecular weight excluding hydrogens is 268 g/mol. The highest BCUT2D eigenvalue weighted by Crippen LogP contribution is 2.65. The molecule has 5 atom stereocenters. The van der Waals surface area contributed by atoms with Crippen molar-refractivity contribution < 1.29 is 4.79 Å². The molecule has 0 bridgehead atoms. The van der Waals surface area contributed by atoms with Crippen LogP contribution in [-0.4, -0.2) is 5.78 Å². The van der Waals surface area contributed by atoms with Gasteiger partial charge in [0, 0.05) is 0 Å². The summed E-state index contributed by atoms with van der Waals surface area (Å²) in [6.45, 7) is 6.73. The summed E-state index contributed by atoms with van der Waals surface area (Å²) in [6.07, 6.45) is 15.3. The first-order valence-electron chi connectivity index (χ1n) is 9.38. The average molecular weight is 298 g/mol. The number of hydrogen-bond acceptors (Lipinski definition) is 1. The molecule has 1 nitrogen and oxygen atoms in total. The maximum absolute atomic E-state index is 12.1. The van der Waals surface area contributed by atoms with Crippen molar-refractivity contribution in [2.45, 2.75) is 72.1 Å². The molecule has 0 aliphatic heterocycles. The van der Waals surface area contributed by atoms with Crippen LogP contribution in [0.1, 0.15) is 72.1 Å². The predicted octanol–water partition coefficient (Wildman–Crippen LogP) is 5.46. The fourth-order valence-corrected chi connectivity index (χ4v) is 6.87. The highest BCUT2D eigenvalue weighted by molar-refractivity contribution is 5.95. The van der Waals surface area contributed by atoms with Crippen LogP contribution in [-0.2, 0) is 4.79 Å². The van der Waals surface area contributed by atoms with Crippen molar-refractivity contribution in [3.05, 3.63) is 23.3 Å². The highest BCUT2D eigenvalue weighted by Gasteiger charge is 2.57. The number of rotatable bonds is 1. The lowest BCUT2D eigenvalue weighted by molar-refractivity contribution is -0.115. The Balaban J connectivity index is 1.68. The Kier molecular flexibility index (Phi) is 3.23. The quantitative estimate of drug-likeness (QED) is 0.587. The molecule has 0 heterocycles. The molecule has 1 heteroatoms. The molecule has 0 aromatic carbocycles. The van der Waals surface area contributed by atoms with Crippen LogP contribution >= 0.6 is 0 Å². The molecular formula is C21H30O. The van der Waals surface area contributed by atoms with E-state index < -0.39 is 0 Å². The summed E-state index contributed by atoms with van der Waals surface area (Å²) in [6, 6.07) is 0. The van der Waals surface area contributed by atoms with Crippen molar-refractivity contribution in [2.75, 3.05) is 0 Å². The second-order valence-electron chi connectivity index (χ2n) is 8.82. The van der Waals surface area contributed by atoms with Gasteiger partial charge in [-0.05, 0) is 92.4 Å². The molecule has 4 aliphatic carbocycles. The lowest BCUT2D eigenvalue weighted by Crippen LogP contribution is -2.49.